The maximum atomic E-state index is 12.8. The molecule has 3 aliphatic heterocycles. The largest absolute Gasteiger partial charge is 0.377 e. The van der Waals surface area contributed by atoms with E-state index in [2.05, 4.69) is 15.1 Å². The molecule has 3 heterocycles. The van der Waals surface area contributed by atoms with Gasteiger partial charge in [-0.3, -0.25) is 4.79 Å². The van der Waals surface area contributed by atoms with Crippen molar-refractivity contribution in [2.75, 3.05) is 52.4 Å². The first-order valence-electron chi connectivity index (χ1n) is 10.1. The molecule has 152 valence electrons. The zero-order chi connectivity index (χ0) is 16.4. The topological polar surface area (TPSA) is 44.8 Å². The summed E-state index contributed by atoms with van der Waals surface area (Å²) in [5.41, 5.74) is 0.366. The summed E-state index contributed by atoms with van der Waals surface area (Å²) in [6.45, 7) is 8.42. The van der Waals surface area contributed by atoms with Crippen LogP contribution in [0.25, 0.3) is 0 Å². The van der Waals surface area contributed by atoms with Gasteiger partial charge in [-0.05, 0) is 76.5 Å². The number of carbonyl (C=O) groups is 1. The van der Waals surface area contributed by atoms with Gasteiger partial charge < -0.3 is 19.9 Å². The predicted octanol–water partition coefficient (Wildman–Crippen LogP) is 2.32. The van der Waals surface area contributed by atoms with Crippen LogP contribution in [0.3, 0.4) is 0 Å². The number of nitrogens with one attached hydrogen (secondary N) is 1. The maximum absolute atomic E-state index is 12.8. The summed E-state index contributed by atoms with van der Waals surface area (Å²) < 4.78 is 6.07. The molecule has 1 saturated carbocycles. The molecular weight excluding hydrogens is 373 g/mol. The number of likely N-dealkylation sites (tertiary alicyclic amines) is 2. The Morgan fingerprint density at radius 1 is 1.04 bits per heavy atom. The SMILES string of the molecule is Cl.Cl.O=C(C1CC12CCNCC2)N1CCC(OCCN2CCCC2)CC1. The Morgan fingerprint density at radius 3 is 2.35 bits per heavy atom. The van der Waals surface area contributed by atoms with Crippen LogP contribution in [0.4, 0.5) is 0 Å². The summed E-state index contributed by atoms with van der Waals surface area (Å²) in [4.78, 5) is 17.4. The highest BCUT2D eigenvalue weighted by Gasteiger charge is 2.58. The minimum absolute atomic E-state index is 0. The lowest BCUT2D eigenvalue weighted by molar-refractivity contribution is -0.136. The highest BCUT2D eigenvalue weighted by atomic mass is 35.5. The third-order valence-corrected chi connectivity index (χ3v) is 6.80. The summed E-state index contributed by atoms with van der Waals surface area (Å²) in [5, 5.41) is 3.42. The quantitative estimate of drug-likeness (QED) is 0.759. The van der Waals surface area contributed by atoms with Gasteiger partial charge in [-0.25, -0.2) is 0 Å². The Labute approximate surface area is 170 Å². The van der Waals surface area contributed by atoms with E-state index in [9.17, 15) is 4.79 Å². The number of amides is 1. The molecule has 1 spiro atoms. The van der Waals surface area contributed by atoms with Crippen LogP contribution in [0.1, 0.15) is 44.9 Å². The minimum atomic E-state index is 0. The van der Waals surface area contributed by atoms with E-state index in [1.54, 1.807) is 0 Å². The third-order valence-electron chi connectivity index (χ3n) is 6.80. The van der Waals surface area contributed by atoms with Gasteiger partial charge in [0.15, 0.2) is 0 Å². The van der Waals surface area contributed by atoms with Crippen LogP contribution < -0.4 is 5.32 Å². The van der Waals surface area contributed by atoms with Gasteiger partial charge >= 0.3 is 0 Å². The van der Waals surface area contributed by atoms with Crippen molar-refractivity contribution in [3.8, 4) is 0 Å². The second-order valence-electron chi connectivity index (χ2n) is 8.31. The number of rotatable bonds is 5. The molecule has 4 fully saturated rings. The van der Waals surface area contributed by atoms with E-state index in [0.29, 0.717) is 23.3 Å². The smallest absolute Gasteiger partial charge is 0.226 e. The normalized spacial score (nSPS) is 28.5. The van der Waals surface area contributed by atoms with Crippen molar-refractivity contribution in [2.24, 2.45) is 11.3 Å². The van der Waals surface area contributed by atoms with Crippen molar-refractivity contribution in [3.63, 3.8) is 0 Å². The van der Waals surface area contributed by atoms with Crippen LogP contribution in [0.2, 0.25) is 0 Å². The molecule has 5 nitrogen and oxygen atoms in total. The molecule has 0 aromatic rings. The van der Waals surface area contributed by atoms with Crippen molar-refractivity contribution in [3.05, 3.63) is 0 Å². The average molecular weight is 408 g/mol. The molecule has 1 aliphatic carbocycles. The summed E-state index contributed by atoms with van der Waals surface area (Å²) in [6.07, 6.45) is 8.63. The molecular formula is C19H35Cl2N3O2. The molecule has 7 heteroatoms. The molecule has 3 saturated heterocycles. The van der Waals surface area contributed by atoms with Gasteiger partial charge in [-0.1, -0.05) is 0 Å². The minimum Gasteiger partial charge on any atom is -0.377 e. The number of hydrogen-bond donors (Lipinski definition) is 1. The number of carbonyl (C=O) groups excluding carboxylic acids is 1. The van der Waals surface area contributed by atoms with Crippen molar-refractivity contribution in [1.29, 1.82) is 0 Å². The molecule has 0 aromatic carbocycles. The summed E-state index contributed by atoms with van der Waals surface area (Å²) in [7, 11) is 0. The fourth-order valence-corrected chi connectivity index (χ4v) is 4.99. The number of nitrogens with zero attached hydrogens (tertiary/aromatic N) is 2. The van der Waals surface area contributed by atoms with E-state index in [1.807, 2.05) is 0 Å². The van der Waals surface area contributed by atoms with E-state index in [-0.39, 0.29) is 24.8 Å². The maximum Gasteiger partial charge on any atom is 0.226 e. The molecule has 1 N–H and O–H groups in total. The van der Waals surface area contributed by atoms with Crippen LogP contribution >= 0.6 is 24.8 Å². The van der Waals surface area contributed by atoms with E-state index in [1.165, 1.54) is 38.8 Å². The number of hydrogen-bond acceptors (Lipinski definition) is 4. The van der Waals surface area contributed by atoms with Gasteiger partial charge in [-0.2, -0.15) is 0 Å². The van der Waals surface area contributed by atoms with Crippen LogP contribution in [0.15, 0.2) is 0 Å². The fourth-order valence-electron chi connectivity index (χ4n) is 4.99. The number of piperidine rings is 2. The Kier molecular flexibility index (Phi) is 8.48. The van der Waals surface area contributed by atoms with Crippen molar-refractivity contribution >= 4 is 30.7 Å². The first kappa shape index (κ1) is 22.2. The molecule has 1 unspecified atom stereocenters. The van der Waals surface area contributed by atoms with Gasteiger partial charge in [0.1, 0.15) is 0 Å². The highest BCUT2D eigenvalue weighted by molar-refractivity contribution is 5.85. The van der Waals surface area contributed by atoms with E-state index >= 15 is 0 Å². The molecule has 1 atom stereocenters. The molecule has 4 aliphatic rings. The van der Waals surface area contributed by atoms with Crippen molar-refractivity contribution in [2.45, 2.75) is 51.0 Å². The Balaban J connectivity index is 0.00000121. The van der Waals surface area contributed by atoms with Gasteiger partial charge in [0, 0.05) is 25.6 Å². The van der Waals surface area contributed by atoms with Crippen molar-refractivity contribution in [1.82, 2.24) is 15.1 Å². The Hall–Kier alpha value is -0.0700. The lowest BCUT2D eigenvalue weighted by Crippen LogP contribution is -2.43. The zero-order valence-electron chi connectivity index (χ0n) is 15.8. The Bertz CT molecular complexity index is 446. The lowest BCUT2D eigenvalue weighted by atomic mass is 9.91. The zero-order valence-corrected chi connectivity index (χ0v) is 17.4. The van der Waals surface area contributed by atoms with E-state index in [4.69, 9.17) is 4.74 Å². The monoisotopic (exact) mass is 407 g/mol. The molecule has 0 bridgehead atoms. The Morgan fingerprint density at radius 2 is 1.69 bits per heavy atom. The van der Waals surface area contributed by atoms with Crippen molar-refractivity contribution < 1.29 is 9.53 Å². The third kappa shape index (κ3) is 5.05. The highest BCUT2D eigenvalue weighted by Crippen LogP contribution is 2.59. The molecule has 26 heavy (non-hydrogen) atoms. The molecule has 0 aromatic heterocycles. The van der Waals surface area contributed by atoms with Crippen LogP contribution in [-0.2, 0) is 9.53 Å². The second-order valence-corrected chi connectivity index (χ2v) is 8.31. The van der Waals surface area contributed by atoms with E-state index in [0.717, 1.165) is 58.6 Å². The molecule has 1 amide bonds. The van der Waals surface area contributed by atoms with E-state index < -0.39 is 0 Å². The number of halogens is 2. The lowest BCUT2D eigenvalue weighted by Gasteiger charge is -2.33. The van der Waals surface area contributed by atoms with Crippen LogP contribution in [-0.4, -0.2) is 74.2 Å². The molecule has 4 rings (SSSR count). The van der Waals surface area contributed by atoms with Gasteiger partial charge in [0.05, 0.1) is 12.7 Å². The standard InChI is InChI=1S/C19H33N3O2.2ClH/c23-18(17-15-19(17)5-7-20-8-6-19)22-11-3-16(4-12-22)24-14-13-21-9-1-2-10-21;;/h16-17,20H,1-15H2;2*1H. The second kappa shape index (κ2) is 9.92. The van der Waals surface area contributed by atoms with Gasteiger partial charge in [0.2, 0.25) is 5.91 Å². The average Bonchev–Trinajstić information content (AvgIpc) is 3.06. The first-order chi connectivity index (χ1) is 11.8. The van der Waals surface area contributed by atoms with Gasteiger partial charge in [-0.15, -0.1) is 24.8 Å². The van der Waals surface area contributed by atoms with Crippen LogP contribution in [0, 0.1) is 11.3 Å². The first-order valence-corrected chi connectivity index (χ1v) is 10.1. The summed E-state index contributed by atoms with van der Waals surface area (Å²) in [5.74, 6) is 0.764. The van der Waals surface area contributed by atoms with Crippen LogP contribution in [0.5, 0.6) is 0 Å². The fraction of sp³-hybridized carbons (Fsp3) is 0.947. The number of ether oxygens (including phenoxy) is 1. The summed E-state index contributed by atoms with van der Waals surface area (Å²) in [6, 6.07) is 0. The predicted molar refractivity (Wildman–Crippen MR) is 108 cm³/mol. The van der Waals surface area contributed by atoms with Gasteiger partial charge in [0.25, 0.3) is 0 Å². The summed E-state index contributed by atoms with van der Waals surface area (Å²) >= 11 is 0. The molecule has 0 radical (unpaired) electrons.